The second kappa shape index (κ2) is 9.70. The predicted octanol–water partition coefficient (Wildman–Crippen LogP) is 3.16. The fraction of sp³-hybridized carbons (Fsp3) is 0.800. The fourth-order valence-electron chi connectivity index (χ4n) is 0.884. The third kappa shape index (κ3) is 9.70. The van der Waals surface area contributed by atoms with Gasteiger partial charge in [0, 0.05) is 6.61 Å². The molecule has 0 rings (SSSR count). The lowest BCUT2D eigenvalue weighted by molar-refractivity contribution is 0.177. The van der Waals surface area contributed by atoms with Crippen LogP contribution in [0.25, 0.3) is 0 Å². The zero-order valence-electron chi connectivity index (χ0n) is 7.81. The first-order valence-corrected chi connectivity index (χ1v) is 4.64. The smallest absolute Gasteiger partial charge is 0.0647 e. The first-order chi connectivity index (χ1) is 5.41. The van der Waals surface area contributed by atoms with Gasteiger partial charge in [-0.2, -0.15) is 0 Å². The number of ether oxygens (including phenoxy) is 1. The summed E-state index contributed by atoms with van der Waals surface area (Å²) in [4.78, 5) is 0. The average molecular weight is 156 g/mol. The minimum Gasteiger partial charge on any atom is -0.378 e. The highest BCUT2D eigenvalue weighted by molar-refractivity contribution is 4.80. The first kappa shape index (κ1) is 10.7. The van der Waals surface area contributed by atoms with Crippen molar-refractivity contribution in [2.45, 2.75) is 39.5 Å². The maximum absolute atomic E-state index is 5.15. The number of hydrogen-bond donors (Lipinski definition) is 0. The molecule has 0 N–H and O–H groups in total. The van der Waals surface area contributed by atoms with Gasteiger partial charge in [-0.15, -0.1) is 0 Å². The lowest BCUT2D eigenvalue weighted by atomic mass is 10.2. The van der Waals surface area contributed by atoms with Crippen LogP contribution in [0.15, 0.2) is 12.2 Å². The van der Waals surface area contributed by atoms with Gasteiger partial charge >= 0.3 is 0 Å². The van der Waals surface area contributed by atoms with E-state index in [9.17, 15) is 0 Å². The SMILES string of the molecule is CCCCCC=CCOCC. The Morgan fingerprint density at radius 1 is 1.09 bits per heavy atom. The molecule has 1 nitrogen and oxygen atoms in total. The number of unbranched alkanes of at least 4 members (excludes halogenated alkanes) is 3. The molecule has 0 saturated heterocycles. The molecule has 0 saturated carbocycles. The van der Waals surface area contributed by atoms with Gasteiger partial charge in [-0.3, -0.25) is 0 Å². The molecule has 0 atom stereocenters. The van der Waals surface area contributed by atoms with Crippen LogP contribution in [0.4, 0.5) is 0 Å². The largest absolute Gasteiger partial charge is 0.378 e. The molecule has 0 amide bonds. The van der Waals surface area contributed by atoms with Crippen LogP contribution in [-0.4, -0.2) is 13.2 Å². The molecule has 66 valence electrons. The summed E-state index contributed by atoms with van der Waals surface area (Å²) in [5.41, 5.74) is 0. The Morgan fingerprint density at radius 3 is 2.55 bits per heavy atom. The molecular weight excluding hydrogens is 136 g/mol. The number of allylic oxidation sites excluding steroid dienone is 1. The summed E-state index contributed by atoms with van der Waals surface area (Å²) in [5.74, 6) is 0. The van der Waals surface area contributed by atoms with Crippen molar-refractivity contribution in [1.29, 1.82) is 0 Å². The Hall–Kier alpha value is -0.300. The van der Waals surface area contributed by atoms with Crippen LogP contribution in [0, 0.1) is 0 Å². The normalized spacial score (nSPS) is 11.1. The molecule has 0 aliphatic heterocycles. The number of rotatable bonds is 7. The van der Waals surface area contributed by atoms with Crippen molar-refractivity contribution in [3.8, 4) is 0 Å². The highest BCUT2D eigenvalue weighted by Crippen LogP contribution is 1.99. The molecule has 11 heavy (non-hydrogen) atoms. The van der Waals surface area contributed by atoms with Gasteiger partial charge in [0.15, 0.2) is 0 Å². The quantitative estimate of drug-likeness (QED) is 0.406. The van der Waals surface area contributed by atoms with E-state index in [0.29, 0.717) is 0 Å². The van der Waals surface area contributed by atoms with Crippen LogP contribution in [0.5, 0.6) is 0 Å². The number of hydrogen-bond acceptors (Lipinski definition) is 1. The van der Waals surface area contributed by atoms with Crippen LogP contribution in [0.3, 0.4) is 0 Å². The van der Waals surface area contributed by atoms with Crippen molar-refractivity contribution in [2.24, 2.45) is 0 Å². The minimum absolute atomic E-state index is 0.780. The van der Waals surface area contributed by atoms with E-state index < -0.39 is 0 Å². The van der Waals surface area contributed by atoms with E-state index in [-0.39, 0.29) is 0 Å². The van der Waals surface area contributed by atoms with Crippen molar-refractivity contribution < 1.29 is 4.74 Å². The Morgan fingerprint density at radius 2 is 1.91 bits per heavy atom. The highest BCUT2D eigenvalue weighted by Gasteiger charge is 1.81. The van der Waals surface area contributed by atoms with Crippen LogP contribution < -0.4 is 0 Å². The van der Waals surface area contributed by atoms with Gasteiger partial charge in [-0.05, 0) is 19.8 Å². The Bertz CT molecular complexity index is 86.9. The molecule has 0 bridgehead atoms. The summed E-state index contributed by atoms with van der Waals surface area (Å²) in [6.07, 6.45) is 9.50. The summed E-state index contributed by atoms with van der Waals surface area (Å²) in [6.45, 7) is 5.84. The zero-order chi connectivity index (χ0) is 8.36. The predicted molar refractivity (Wildman–Crippen MR) is 49.8 cm³/mol. The summed E-state index contributed by atoms with van der Waals surface area (Å²) >= 11 is 0. The lowest BCUT2D eigenvalue weighted by Crippen LogP contribution is -1.87. The maximum atomic E-state index is 5.15. The van der Waals surface area contributed by atoms with Gasteiger partial charge in [0.25, 0.3) is 0 Å². The second-order valence-corrected chi connectivity index (χ2v) is 2.63. The zero-order valence-corrected chi connectivity index (χ0v) is 7.81. The fourth-order valence-corrected chi connectivity index (χ4v) is 0.884. The van der Waals surface area contributed by atoms with Crippen molar-refractivity contribution in [3.05, 3.63) is 12.2 Å². The summed E-state index contributed by atoms with van der Waals surface area (Å²) in [5, 5.41) is 0. The van der Waals surface area contributed by atoms with E-state index in [0.717, 1.165) is 13.2 Å². The Balaban J connectivity index is 2.91. The molecular formula is C10H20O. The van der Waals surface area contributed by atoms with Gasteiger partial charge in [0.1, 0.15) is 0 Å². The molecule has 0 fully saturated rings. The van der Waals surface area contributed by atoms with Crippen LogP contribution in [-0.2, 0) is 4.74 Å². The molecule has 1 heteroatoms. The molecule has 0 aromatic rings. The van der Waals surface area contributed by atoms with Gasteiger partial charge < -0.3 is 4.74 Å². The van der Waals surface area contributed by atoms with Crippen molar-refractivity contribution >= 4 is 0 Å². The van der Waals surface area contributed by atoms with E-state index >= 15 is 0 Å². The van der Waals surface area contributed by atoms with E-state index in [1.165, 1.54) is 25.7 Å². The Labute approximate surface area is 70.4 Å². The Kier molecular flexibility index (Phi) is 9.44. The lowest BCUT2D eigenvalue weighted by Gasteiger charge is -1.93. The average Bonchev–Trinajstić information content (AvgIpc) is 2.03. The van der Waals surface area contributed by atoms with Crippen molar-refractivity contribution in [3.63, 3.8) is 0 Å². The van der Waals surface area contributed by atoms with Gasteiger partial charge in [0.05, 0.1) is 6.61 Å². The van der Waals surface area contributed by atoms with E-state index in [4.69, 9.17) is 4.74 Å². The summed E-state index contributed by atoms with van der Waals surface area (Å²) in [7, 11) is 0. The monoisotopic (exact) mass is 156 g/mol. The van der Waals surface area contributed by atoms with E-state index in [2.05, 4.69) is 19.1 Å². The first-order valence-electron chi connectivity index (χ1n) is 4.64. The maximum Gasteiger partial charge on any atom is 0.0647 e. The molecule has 0 aromatic heterocycles. The molecule has 0 spiro atoms. The van der Waals surface area contributed by atoms with E-state index in [1.807, 2.05) is 6.92 Å². The molecule has 0 unspecified atom stereocenters. The molecule has 0 aromatic carbocycles. The molecule has 0 aliphatic rings. The third-order valence-corrected chi connectivity index (χ3v) is 1.56. The summed E-state index contributed by atoms with van der Waals surface area (Å²) < 4.78 is 5.15. The second-order valence-electron chi connectivity index (χ2n) is 2.63. The van der Waals surface area contributed by atoms with E-state index in [1.54, 1.807) is 0 Å². The van der Waals surface area contributed by atoms with Crippen LogP contribution in [0.1, 0.15) is 39.5 Å². The highest BCUT2D eigenvalue weighted by atomic mass is 16.5. The van der Waals surface area contributed by atoms with Crippen LogP contribution in [0.2, 0.25) is 0 Å². The van der Waals surface area contributed by atoms with Crippen LogP contribution >= 0.6 is 0 Å². The minimum atomic E-state index is 0.780. The molecule has 0 heterocycles. The third-order valence-electron chi connectivity index (χ3n) is 1.56. The van der Waals surface area contributed by atoms with Crippen molar-refractivity contribution in [1.82, 2.24) is 0 Å². The van der Waals surface area contributed by atoms with Gasteiger partial charge in [-0.25, -0.2) is 0 Å². The van der Waals surface area contributed by atoms with Gasteiger partial charge in [0.2, 0.25) is 0 Å². The molecule has 0 aliphatic carbocycles. The summed E-state index contributed by atoms with van der Waals surface area (Å²) in [6, 6.07) is 0. The van der Waals surface area contributed by atoms with Crippen molar-refractivity contribution in [2.75, 3.05) is 13.2 Å². The van der Waals surface area contributed by atoms with Gasteiger partial charge in [-0.1, -0.05) is 31.9 Å². The topological polar surface area (TPSA) is 9.23 Å². The standard InChI is InChI=1S/C10H20O/c1-3-5-6-7-8-9-10-11-4-2/h8-9H,3-7,10H2,1-2H3. The molecule has 0 radical (unpaired) electrons.